The number of rotatable bonds is 8. The van der Waals surface area contributed by atoms with Crippen LogP contribution in [0, 0.1) is 11.7 Å². The van der Waals surface area contributed by atoms with E-state index in [1.54, 1.807) is 31.2 Å². The number of aromatic nitrogens is 3. The normalized spacial score (nSPS) is 12.9. The number of hydrogen-bond acceptors (Lipinski definition) is 6. The molecule has 34 heavy (non-hydrogen) atoms. The Hall–Kier alpha value is -3.50. The fourth-order valence-electron chi connectivity index (χ4n) is 3.25. The smallest absolute Gasteiger partial charge is 0.335 e. The zero-order valence-corrected chi connectivity index (χ0v) is 19.7. The lowest BCUT2D eigenvalue weighted by molar-refractivity contribution is 0.215. The second-order valence-corrected chi connectivity index (χ2v) is 8.21. The van der Waals surface area contributed by atoms with Gasteiger partial charge in [0.05, 0.1) is 18.4 Å². The molecule has 0 aliphatic carbocycles. The van der Waals surface area contributed by atoms with Crippen LogP contribution in [-0.2, 0) is 25.0 Å². The highest BCUT2D eigenvalue weighted by Gasteiger charge is 2.15. The van der Waals surface area contributed by atoms with Crippen LogP contribution in [-0.4, -0.2) is 38.7 Å². The van der Waals surface area contributed by atoms with Crippen molar-refractivity contribution in [2.45, 2.75) is 20.0 Å². The molecule has 0 radical (unpaired) electrons. The Morgan fingerprint density at radius 3 is 2.47 bits per heavy atom. The van der Waals surface area contributed by atoms with Gasteiger partial charge in [-0.1, -0.05) is 35.8 Å². The van der Waals surface area contributed by atoms with Crippen LogP contribution in [0.3, 0.4) is 0 Å². The number of oxime groups is 1. The van der Waals surface area contributed by atoms with E-state index in [9.17, 15) is 19.1 Å². The van der Waals surface area contributed by atoms with Crippen molar-refractivity contribution < 1.29 is 14.3 Å². The largest absolute Gasteiger partial charge is 0.399 e. The molecule has 9 nitrogen and oxygen atoms in total. The highest BCUT2D eigenvalue weighted by molar-refractivity contribution is 6.30. The SMILES string of the molecule is CON=Cc1ccc(N=c2n(C)c(=O)n(C[C@H](C)CO)c(=O)n2Cc2ccc(Cl)cc2)cc1F. The summed E-state index contributed by atoms with van der Waals surface area (Å²) in [7, 11) is 2.83. The molecular weight excluding hydrogens is 465 g/mol. The van der Waals surface area contributed by atoms with E-state index in [0.717, 1.165) is 10.1 Å². The van der Waals surface area contributed by atoms with Gasteiger partial charge in [-0.25, -0.2) is 23.5 Å². The molecular formula is C23H25ClFN5O4. The standard InChI is InChI=1S/C23H25ClFN5O4/c1-15(14-31)12-30-22(32)28(2)21(27-19-9-6-17(11-26-34-3)20(25)10-19)29(23(30)33)13-16-4-7-18(24)8-5-16/h4-11,15,31H,12-14H2,1-3H3/t15-/m0/s1. The molecule has 1 heterocycles. The molecule has 3 aromatic rings. The van der Waals surface area contributed by atoms with Crippen molar-refractivity contribution in [1.82, 2.24) is 13.7 Å². The van der Waals surface area contributed by atoms with E-state index in [0.29, 0.717) is 5.02 Å². The molecule has 0 bridgehead atoms. The maximum absolute atomic E-state index is 14.5. The third-order valence-electron chi connectivity index (χ3n) is 5.09. The van der Waals surface area contributed by atoms with Crippen LogP contribution < -0.4 is 17.0 Å². The third kappa shape index (κ3) is 5.70. The lowest BCUT2D eigenvalue weighted by Gasteiger charge is -2.16. The number of hydrogen-bond donors (Lipinski definition) is 1. The molecule has 0 spiro atoms. The van der Waals surface area contributed by atoms with E-state index in [1.165, 1.54) is 47.7 Å². The average Bonchev–Trinajstić information content (AvgIpc) is 2.83. The van der Waals surface area contributed by atoms with Gasteiger partial charge < -0.3 is 9.94 Å². The van der Waals surface area contributed by atoms with E-state index in [-0.39, 0.29) is 42.5 Å². The molecule has 0 unspecified atom stereocenters. The number of halogens is 2. The minimum absolute atomic E-state index is 0.0328. The summed E-state index contributed by atoms with van der Waals surface area (Å²) in [6, 6.07) is 11.1. The lowest BCUT2D eigenvalue weighted by atomic mass is 10.2. The van der Waals surface area contributed by atoms with E-state index in [1.807, 2.05) is 0 Å². The zero-order chi connectivity index (χ0) is 24.8. The first-order chi connectivity index (χ1) is 16.2. The predicted molar refractivity (Wildman–Crippen MR) is 127 cm³/mol. The van der Waals surface area contributed by atoms with Crippen LogP contribution in [0.15, 0.2) is 62.2 Å². The molecule has 180 valence electrons. The van der Waals surface area contributed by atoms with Gasteiger partial charge in [-0.2, -0.15) is 0 Å². The van der Waals surface area contributed by atoms with Gasteiger partial charge >= 0.3 is 11.4 Å². The van der Waals surface area contributed by atoms with Crippen LogP contribution in [0.25, 0.3) is 0 Å². The van der Waals surface area contributed by atoms with Crippen LogP contribution in [0.2, 0.25) is 5.02 Å². The summed E-state index contributed by atoms with van der Waals surface area (Å²) in [6.45, 7) is 1.67. The second kappa shape index (κ2) is 11.1. The Balaban J connectivity index is 2.23. The Morgan fingerprint density at radius 1 is 1.15 bits per heavy atom. The number of aliphatic hydroxyl groups excluding tert-OH is 1. The number of benzene rings is 2. The van der Waals surface area contributed by atoms with Gasteiger partial charge in [-0.3, -0.25) is 9.13 Å². The monoisotopic (exact) mass is 489 g/mol. The highest BCUT2D eigenvalue weighted by Crippen LogP contribution is 2.16. The topological polar surface area (TPSA) is 103 Å². The first-order valence-electron chi connectivity index (χ1n) is 10.4. The first kappa shape index (κ1) is 25.1. The van der Waals surface area contributed by atoms with Crippen molar-refractivity contribution in [3.8, 4) is 0 Å². The maximum Gasteiger partial charge on any atom is 0.335 e. The Kier molecular flexibility index (Phi) is 8.19. The lowest BCUT2D eigenvalue weighted by Crippen LogP contribution is -2.54. The summed E-state index contributed by atoms with van der Waals surface area (Å²) in [5.74, 6) is -0.908. The summed E-state index contributed by atoms with van der Waals surface area (Å²) in [4.78, 5) is 35.3. The highest BCUT2D eigenvalue weighted by atomic mass is 35.5. The summed E-state index contributed by atoms with van der Waals surface area (Å²) >= 11 is 5.98. The summed E-state index contributed by atoms with van der Waals surface area (Å²) in [6.07, 6.45) is 1.22. The quantitative estimate of drug-likeness (QED) is 0.386. The van der Waals surface area contributed by atoms with Crippen molar-refractivity contribution in [1.29, 1.82) is 0 Å². The van der Waals surface area contributed by atoms with Crippen LogP contribution >= 0.6 is 11.6 Å². The van der Waals surface area contributed by atoms with E-state index >= 15 is 0 Å². The minimum Gasteiger partial charge on any atom is -0.399 e. The summed E-state index contributed by atoms with van der Waals surface area (Å²) in [5.41, 5.74) is -0.0108. The molecule has 11 heteroatoms. The molecule has 0 saturated carbocycles. The van der Waals surface area contributed by atoms with Crippen molar-refractivity contribution in [3.63, 3.8) is 0 Å². The second-order valence-electron chi connectivity index (χ2n) is 7.77. The molecule has 0 saturated heterocycles. The fraction of sp³-hybridized carbons (Fsp3) is 0.304. The van der Waals surface area contributed by atoms with Crippen molar-refractivity contribution >= 4 is 23.5 Å². The van der Waals surface area contributed by atoms with Crippen LogP contribution in [0.5, 0.6) is 0 Å². The van der Waals surface area contributed by atoms with Gasteiger partial charge in [0.25, 0.3) is 0 Å². The minimum atomic E-state index is -0.597. The summed E-state index contributed by atoms with van der Waals surface area (Å²) in [5, 5.41) is 13.5. The van der Waals surface area contributed by atoms with Crippen molar-refractivity contribution in [2.75, 3.05) is 13.7 Å². The maximum atomic E-state index is 14.5. The zero-order valence-electron chi connectivity index (χ0n) is 19.0. The van der Waals surface area contributed by atoms with Gasteiger partial charge in [0, 0.05) is 36.9 Å². The number of nitrogens with zero attached hydrogens (tertiary/aromatic N) is 5. The average molecular weight is 490 g/mol. The van der Waals surface area contributed by atoms with Crippen molar-refractivity contribution in [3.05, 3.63) is 91.0 Å². The molecule has 3 rings (SSSR count). The molecule has 2 aromatic carbocycles. The van der Waals surface area contributed by atoms with E-state index in [4.69, 9.17) is 11.6 Å². The van der Waals surface area contributed by atoms with Gasteiger partial charge in [-0.05, 0) is 35.7 Å². The van der Waals surface area contributed by atoms with Gasteiger partial charge in [-0.15, -0.1) is 0 Å². The molecule has 1 atom stereocenters. The van der Waals surface area contributed by atoms with E-state index in [2.05, 4.69) is 15.0 Å². The summed E-state index contributed by atoms with van der Waals surface area (Å²) < 4.78 is 18.1. The fourth-order valence-corrected chi connectivity index (χ4v) is 3.37. The predicted octanol–water partition coefficient (Wildman–Crippen LogP) is 2.03. The molecule has 0 fully saturated rings. The molecule has 1 aromatic heterocycles. The first-order valence-corrected chi connectivity index (χ1v) is 10.8. The Bertz CT molecular complexity index is 1380. The Labute approximate surface area is 199 Å². The van der Waals surface area contributed by atoms with Crippen LogP contribution in [0.4, 0.5) is 10.1 Å². The number of aliphatic hydroxyl groups is 1. The van der Waals surface area contributed by atoms with Gasteiger partial charge in [0.1, 0.15) is 12.9 Å². The molecule has 1 N–H and O–H groups in total. The Morgan fingerprint density at radius 2 is 1.85 bits per heavy atom. The van der Waals surface area contributed by atoms with E-state index < -0.39 is 17.2 Å². The molecule has 0 amide bonds. The van der Waals surface area contributed by atoms with Crippen LogP contribution in [0.1, 0.15) is 18.1 Å². The molecule has 0 aliphatic heterocycles. The van der Waals surface area contributed by atoms with Gasteiger partial charge in [0.2, 0.25) is 5.62 Å². The third-order valence-corrected chi connectivity index (χ3v) is 5.34. The van der Waals surface area contributed by atoms with Gasteiger partial charge in [0.15, 0.2) is 0 Å². The molecule has 0 aliphatic rings. The van der Waals surface area contributed by atoms with Crippen molar-refractivity contribution in [2.24, 2.45) is 23.1 Å².